The number of hydrogen-bond donors (Lipinski definition) is 2. The molecule has 2 N–H and O–H groups in total. The number of imide groups is 1. The number of hydrogen-bond acceptors (Lipinski definition) is 2. The van der Waals surface area contributed by atoms with Gasteiger partial charge in [0.1, 0.15) is 0 Å². The minimum atomic E-state index is -0.388. The Morgan fingerprint density at radius 3 is 2.30 bits per heavy atom. The number of carbonyl (C=O) groups is 2. The largest absolute Gasteiger partial charge is 0.337 e. The molecule has 1 saturated heterocycles. The standard InChI is InChI=1S/C4H6N2O2.C2H6.H2/c7-3-1-2-5-4(8)6-3;1-2;/h1-2H2,(H2,5,6,7,8);1-2H3;1H. The molecule has 1 aliphatic heterocycles. The summed E-state index contributed by atoms with van der Waals surface area (Å²) < 4.78 is 0. The van der Waals surface area contributed by atoms with Crippen LogP contribution in [-0.2, 0) is 4.79 Å². The zero-order valence-electron chi connectivity index (χ0n) is 6.23. The molecule has 0 atom stereocenters. The monoisotopic (exact) mass is 146 g/mol. The van der Waals surface area contributed by atoms with Gasteiger partial charge in [-0.1, -0.05) is 13.8 Å². The van der Waals surface area contributed by atoms with Crippen molar-refractivity contribution in [3.63, 3.8) is 0 Å². The topological polar surface area (TPSA) is 58.2 Å². The molecule has 0 aromatic rings. The van der Waals surface area contributed by atoms with Crippen molar-refractivity contribution in [2.75, 3.05) is 6.54 Å². The van der Waals surface area contributed by atoms with E-state index in [1.807, 2.05) is 13.8 Å². The van der Waals surface area contributed by atoms with Crippen LogP contribution in [0.4, 0.5) is 4.79 Å². The molecule has 0 saturated carbocycles. The molecule has 1 fully saturated rings. The number of nitrogens with one attached hydrogen (secondary N) is 2. The summed E-state index contributed by atoms with van der Waals surface area (Å²) in [6.07, 6.45) is 0.395. The van der Waals surface area contributed by atoms with Crippen LogP contribution in [0.2, 0.25) is 0 Å². The number of rotatable bonds is 0. The molecule has 0 aromatic heterocycles. The van der Waals surface area contributed by atoms with E-state index in [0.717, 1.165) is 0 Å². The second-order valence-electron chi connectivity index (χ2n) is 1.55. The lowest BCUT2D eigenvalue weighted by Crippen LogP contribution is -2.46. The van der Waals surface area contributed by atoms with Crippen molar-refractivity contribution in [1.29, 1.82) is 0 Å². The highest BCUT2D eigenvalue weighted by Gasteiger charge is 2.11. The van der Waals surface area contributed by atoms with Gasteiger partial charge in [0.2, 0.25) is 5.91 Å². The van der Waals surface area contributed by atoms with Gasteiger partial charge in [0.05, 0.1) is 0 Å². The van der Waals surface area contributed by atoms with Gasteiger partial charge in [-0.2, -0.15) is 0 Å². The van der Waals surface area contributed by atoms with Gasteiger partial charge in [0.15, 0.2) is 0 Å². The molecule has 0 aliphatic carbocycles. The molecule has 10 heavy (non-hydrogen) atoms. The quantitative estimate of drug-likeness (QED) is 0.522. The third-order valence-corrected chi connectivity index (χ3v) is 0.891. The first-order valence-corrected chi connectivity index (χ1v) is 3.37. The highest BCUT2D eigenvalue weighted by atomic mass is 16.2. The molecule has 0 bridgehead atoms. The van der Waals surface area contributed by atoms with E-state index in [1.54, 1.807) is 0 Å². The summed E-state index contributed by atoms with van der Waals surface area (Å²) in [7, 11) is 0. The average Bonchev–Trinajstić information content (AvgIpc) is 1.91. The molecular weight excluding hydrogens is 132 g/mol. The van der Waals surface area contributed by atoms with Crippen molar-refractivity contribution in [3.05, 3.63) is 0 Å². The zero-order chi connectivity index (χ0) is 7.98. The highest BCUT2D eigenvalue weighted by Crippen LogP contribution is 1.82. The smallest absolute Gasteiger partial charge is 0.321 e. The van der Waals surface area contributed by atoms with Gasteiger partial charge in [-0.15, -0.1) is 0 Å². The van der Waals surface area contributed by atoms with Crippen LogP contribution in [0.15, 0.2) is 0 Å². The maximum atomic E-state index is 10.3. The molecular formula is C6H14N2O2. The van der Waals surface area contributed by atoms with Crippen molar-refractivity contribution in [3.8, 4) is 0 Å². The molecule has 1 aliphatic rings. The Morgan fingerprint density at radius 1 is 1.40 bits per heavy atom. The number of urea groups is 1. The van der Waals surface area contributed by atoms with Crippen molar-refractivity contribution < 1.29 is 11.0 Å². The van der Waals surface area contributed by atoms with Gasteiger partial charge < -0.3 is 5.32 Å². The summed E-state index contributed by atoms with van der Waals surface area (Å²) >= 11 is 0. The molecule has 4 nitrogen and oxygen atoms in total. The molecule has 0 aromatic carbocycles. The Kier molecular flexibility index (Phi) is 4.28. The summed E-state index contributed by atoms with van der Waals surface area (Å²) in [5.74, 6) is -0.200. The summed E-state index contributed by atoms with van der Waals surface area (Å²) in [4.78, 5) is 20.5. The van der Waals surface area contributed by atoms with E-state index < -0.39 is 0 Å². The van der Waals surface area contributed by atoms with Gasteiger partial charge >= 0.3 is 6.03 Å². The van der Waals surface area contributed by atoms with Crippen LogP contribution in [0.5, 0.6) is 0 Å². The van der Waals surface area contributed by atoms with Crippen molar-refractivity contribution in [1.82, 2.24) is 10.6 Å². The Labute approximate surface area is 61.5 Å². The first-order valence-electron chi connectivity index (χ1n) is 3.37. The molecule has 0 spiro atoms. The minimum Gasteiger partial charge on any atom is -0.337 e. The fourth-order valence-corrected chi connectivity index (χ4v) is 0.523. The van der Waals surface area contributed by atoms with Crippen molar-refractivity contribution in [2.45, 2.75) is 20.3 Å². The lowest BCUT2D eigenvalue weighted by molar-refractivity contribution is -0.120. The lowest BCUT2D eigenvalue weighted by atomic mass is 10.3. The van der Waals surface area contributed by atoms with Gasteiger partial charge in [-0.3, -0.25) is 10.1 Å². The SMILES string of the molecule is CC.O=C1CCNC(=O)N1.[HH]. The van der Waals surface area contributed by atoms with Gasteiger partial charge in [-0.05, 0) is 0 Å². The molecule has 1 heterocycles. The van der Waals surface area contributed by atoms with Crippen molar-refractivity contribution >= 4 is 11.9 Å². The zero-order valence-corrected chi connectivity index (χ0v) is 6.23. The summed E-state index contributed by atoms with van der Waals surface area (Å²) in [6, 6.07) is -0.388. The van der Waals surface area contributed by atoms with E-state index in [9.17, 15) is 9.59 Å². The summed E-state index contributed by atoms with van der Waals surface area (Å²) in [6.45, 7) is 4.46. The molecule has 0 unspecified atom stereocenters. The van der Waals surface area contributed by atoms with Gasteiger partial charge in [-0.25, -0.2) is 4.79 Å². The predicted octanol–water partition coefficient (Wildman–Crippen LogP) is 0.488. The number of carbonyl (C=O) groups excluding carboxylic acids is 2. The fraction of sp³-hybridized carbons (Fsp3) is 0.667. The van der Waals surface area contributed by atoms with Crippen LogP contribution in [0, 0.1) is 0 Å². The second-order valence-corrected chi connectivity index (χ2v) is 1.55. The Bertz CT molecular complexity index is 125. The molecule has 4 heteroatoms. The van der Waals surface area contributed by atoms with Gasteiger partial charge in [0, 0.05) is 14.4 Å². The first kappa shape index (κ1) is 8.94. The van der Waals surface area contributed by atoms with E-state index in [4.69, 9.17) is 0 Å². The molecule has 60 valence electrons. The second kappa shape index (κ2) is 4.78. The van der Waals surface area contributed by atoms with E-state index in [-0.39, 0.29) is 13.4 Å². The normalized spacial score (nSPS) is 16.2. The van der Waals surface area contributed by atoms with Crippen LogP contribution in [0.25, 0.3) is 0 Å². The van der Waals surface area contributed by atoms with Crippen LogP contribution >= 0.6 is 0 Å². The minimum absolute atomic E-state index is 0. The third-order valence-electron chi connectivity index (χ3n) is 0.891. The van der Waals surface area contributed by atoms with Crippen LogP contribution in [-0.4, -0.2) is 18.5 Å². The highest BCUT2D eigenvalue weighted by molar-refractivity contribution is 5.96. The fourth-order valence-electron chi connectivity index (χ4n) is 0.523. The number of amides is 3. The van der Waals surface area contributed by atoms with E-state index in [2.05, 4.69) is 10.6 Å². The lowest BCUT2D eigenvalue weighted by Gasteiger charge is -2.10. The molecule has 0 radical (unpaired) electrons. The third kappa shape index (κ3) is 3.06. The molecule has 1 rings (SSSR count). The van der Waals surface area contributed by atoms with E-state index in [1.165, 1.54) is 0 Å². The predicted molar refractivity (Wildman–Crippen MR) is 39.6 cm³/mol. The molecule has 3 amide bonds. The Hall–Kier alpha value is -1.06. The summed E-state index contributed by atoms with van der Waals surface area (Å²) in [5.41, 5.74) is 0. The van der Waals surface area contributed by atoms with E-state index in [0.29, 0.717) is 13.0 Å². The first-order chi connectivity index (χ1) is 4.79. The summed E-state index contributed by atoms with van der Waals surface area (Å²) in [5, 5.41) is 4.53. The van der Waals surface area contributed by atoms with Crippen LogP contribution in [0.3, 0.4) is 0 Å². The maximum absolute atomic E-state index is 10.3. The van der Waals surface area contributed by atoms with Crippen LogP contribution in [0.1, 0.15) is 21.7 Å². The van der Waals surface area contributed by atoms with E-state index >= 15 is 0 Å². The van der Waals surface area contributed by atoms with Crippen molar-refractivity contribution in [2.24, 2.45) is 0 Å². The average molecular weight is 146 g/mol. The Balaban J connectivity index is 0. The maximum Gasteiger partial charge on any atom is 0.321 e. The van der Waals surface area contributed by atoms with Gasteiger partial charge in [0.25, 0.3) is 0 Å². The van der Waals surface area contributed by atoms with Crippen LogP contribution < -0.4 is 10.6 Å². The Morgan fingerprint density at radius 2 is 2.00 bits per heavy atom.